The van der Waals surface area contributed by atoms with Gasteiger partial charge in [-0.2, -0.15) is 0 Å². The fourth-order valence-corrected chi connectivity index (χ4v) is 2.82. The van der Waals surface area contributed by atoms with Crippen LogP contribution in [0.25, 0.3) is 0 Å². The maximum Gasteiger partial charge on any atom is 0.131 e. The van der Waals surface area contributed by atoms with Gasteiger partial charge in [0.25, 0.3) is 0 Å². The lowest BCUT2D eigenvalue weighted by Gasteiger charge is -2.27. The highest BCUT2D eigenvalue weighted by Crippen LogP contribution is 2.41. The second-order valence-electron chi connectivity index (χ2n) is 4.73. The molecule has 1 unspecified atom stereocenters. The predicted molar refractivity (Wildman–Crippen MR) is 66.1 cm³/mol. The standard InChI is InChI=1S/C15H13F2N/c16-12-6-3-7-13(17)14(12)15(18)9-8-10-4-1-2-5-11(10)15/h1-7H,8-9,18H2. The van der Waals surface area contributed by atoms with Crippen LogP contribution in [-0.4, -0.2) is 0 Å². The van der Waals surface area contributed by atoms with Gasteiger partial charge >= 0.3 is 0 Å². The molecular formula is C15H13F2N. The molecule has 0 aromatic heterocycles. The third-order valence-electron chi connectivity index (χ3n) is 3.70. The van der Waals surface area contributed by atoms with Gasteiger partial charge in [0.05, 0.1) is 5.54 Å². The van der Waals surface area contributed by atoms with E-state index in [1.807, 2.05) is 24.3 Å². The van der Waals surface area contributed by atoms with Crippen LogP contribution < -0.4 is 5.73 Å². The van der Waals surface area contributed by atoms with E-state index >= 15 is 0 Å². The van der Waals surface area contributed by atoms with Crippen molar-refractivity contribution in [2.45, 2.75) is 18.4 Å². The fourth-order valence-electron chi connectivity index (χ4n) is 2.82. The van der Waals surface area contributed by atoms with Crippen LogP contribution in [0.1, 0.15) is 23.1 Å². The van der Waals surface area contributed by atoms with Gasteiger partial charge in [-0.25, -0.2) is 8.78 Å². The number of nitrogens with two attached hydrogens (primary N) is 1. The van der Waals surface area contributed by atoms with Crippen molar-refractivity contribution in [2.75, 3.05) is 0 Å². The van der Waals surface area contributed by atoms with E-state index in [4.69, 9.17) is 5.73 Å². The lowest BCUT2D eigenvalue weighted by Crippen LogP contribution is -2.37. The average molecular weight is 245 g/mol. The molecule has 0 amide bonds. The van der Waals surface area contributed by atoms with Gasteiger partial charge < -0.3 is 5.73 Å². The Kier molecular flexibility index (Phi) is 2.45. The Hall–Kier alpha value is -1.74. The molecule has 92 valence electrons. The molecule has 0 saturated heterocycles. The molecule has 2 aromatic carbocycles. The van der Waals surface area contributed by atoms with Crippen molar-refractivity contribution < 1.29 is 8.78 Å². The zero-order valence-corrected chi connectivity index (χ0v) is 9.79. The van der Waals surface area contributed by atoms with Crippen molar-refractivity contribution >= 4 is 0 Å². The molecule has 0 heterocycles. The van der Waals surface area contributed by atoms with Crippen LogP contribution in [0.15, 0.2) is 42.5 Å². The van der Waals surface area contributed by atoms with E-state index in [1.165, 1.54) is 18.2 Å². The minimum absolute atomic E-state index is 0.0186. The maximum absolute atomic E-state index is 13.9. The van der Waals surface area contributed by atoms with Gasteiger partial charge in [0.1, 0.15) is 11.6 Å². The first-order chi connectivity index (χ1) is 8.63. The first-order valence-electron chi connectivity index (χ1n) is 5.95. The summed E-state index contributed by atoms with van der Waals surface area (Å²) in [6, 6.07) is 11.5. The van der Waals surface area contributed by atoms with Gasteiger partial charge in [0.2, 0.25) is 0 Å². The zero-order valence-electron chi connectivity index (χ0n) is 9.79. The van der Waals surface area contributed by atoms with E-state index in [9.17, 15) is 8.78 Å². The van der Waals surface area contributed by atoms with Crippen molar-refractivity contribution in [1.82, 2.24) is 0 Å². The molecule has 1 nitrogen and oxygen atoms in total. The molecule has 1 atom stereocenters. The fraction of sp³-hybridized carbons (Fsp3) is 0.200. The van der Waals surface area contributed by atoms with Gasteiger partial charge in [-0.3, -0.25) is 0 Å². The molecule has 18 heavy (non-hydrogen) atoms. The van der Waals surface area contributed by atoms with Crippen molar-refractivity contribution in [3.05, 3.63) is 70.8 Å². The Labute approximate surface area is 104 Å². The van der Waals surface area contributed by atoms with E-state index in [0.29, 0.717) is 6.42 Å². The second kappa shape index (κ2) is 3.89. The van der Waals surface area contributed by atoms with E-state index < -0.39 is 17.2 Å². The van der Waals surface area contributed by atoms with Gasteiger partial charge in [-0.05, 0) is 36.1 Å². The molecule has 0 saturated carbocycles. The summed E-state index contributed by atoms with van der Waals surface area (Å²) in [6.45, 7) is 0. The number of rotatable bonds is 1. The Morgan fingerprint density at radius 2 is 1.61 bits per heavy atom. The number of benzene rings is 2. The molecule has 2 aromatic rings. The molecule has 0 radical (unpaired) electrons. The third-order valence-corrected chi connectivity index (χ3v) is 3.70. The minimum atomic E-state index is -1.05. The third kappa shape index (κ3) is 1.47. The minimum Gasteiger partial charge on any atom is -0.318 e. The van der Waals surface area contributed by atoms with Gasteiger partial charge in [0.15, 0.2) is 0 Å². The van der Waals surface area contributed by atoms with Gasteiger partial charge in [-0.15, -0.1) is 0 Å². The molecule has 0 aliphatic heterocycles. The molecule has 1 aliphatic carbocycles. The van der Waals surface area contributed by atoms with Crippen molar-refractivity contribution in [3.63, 3.8) is 0 Å². The summed E-state index contributed by atoms with van der Waals surface area (Å²) in [4.78, 5) is 0. The van der Waals surface area contributed by atoms with Gasteiger partial charge in [0, 0.05) is 5.56 Å². The topological polar surface area (TPSA) is 26.0 Å². The lowest BCUT2D eigenvalue weighted by molar-refractivity contribution is 0.453. The highest BCUT2D eigenvalue weighted by Gasteiger charge is 2.40. The number of hydrogen-bond donors (Lipinski definition) is 1. The van der Waals surface area contributed by atoms with E-state index in [0.717, 1.165) is 17.5 Å². The Balaban J connectivity index is 2.24. The lowest BCUT2D eigenvalue weighted by atomic mass is 9.84. The molecular weight excluding hydrogens is 232 g/mol. The Morgan fingerprint density at radius 1 is 0.944 bits per heavy atom. The molecule has 0 fully saturated rings. The summed E-state index contributed by atoms with van der Waals surface area (Å²) in [6.07, 6.45) is 1.28. The smallest absolute Gasteiger partial charge is 0.131 e. The Morgan fingerprint density at radius 3 is 2.33 bits per heavy atom. The van der Waals surface area contributed by atoms with Crippen LogP contribution in [0.2, 0.25) is 0 Å². The number of hydrogen-bond acceptors (Lipinski definition) is 1. The van der Waals surface area contributed by atoms with Crippen LogP contribution in [0, 0.1) is 11.6 Å². The summed E-state index contributed by atoms with van der Waals surface area (Å²) in [5.74, 6) is -1.15. The van der Waals surface area contributed by atoms with E-state index in [2.05, 4.69) is 0 Å². The average Bonchev–Trinajstić information content (AvgIpc) is 2.69. The molecule has 3 heteroatoms. The first kappa shape index (κ1) is 11.4. The quantitative estimate of drug-likeness (QED) is 0.820. The Bertz CT molecular complexity index is 589. The van der Waals surface area contributed by atoms with E-state index in [1.54, 1.807) is 0 Å². The second-order valence-corrected chi connectivity index (χ2v) is 4.73. The van der Waals surface area contributed by atoms with Crippen LogP contribution in [0.4, 0.5) is 8.78 Å². The molecule has 0 bridgehead atoms. The predicted octanol–water partition coefficient (Wildman–Crippen LogP) is 3.11. The monoisotopic (exact) mass is 245 g/mol. The normalized spacial score (nSPS) is 21.9. The summed E-state index contributed by atoms with van der Waals surface area (Å²) in [7, 11) is 0. The number of aryl methyl sites for hydroxylation is 1. The molecule has 3 rings (SSSR count). The SMILES string of the molecule is NC1(c2c(F)cccc2F)CCc2ccccc21. The van der Waals surface area contributed by atoms with Crippen LogP contribution in [0.5, 0.6) is 0 Å². The zero-order chi connectivity index (χ0) is 12.8. The van der Waals surface area contributed by atoms with Crippen molar-refractivity contribution in [2.24, 2.45) is 5.73 Å². The van der Waals surface area contributed by atoms with E-state index in [-0.39, 0.29) is 5.56 Å². The molecule has 0 spiro atoms. The molecule has 1 aliphatic rings. The van der Waals surface area contributed by atoms with Gasteiger partial charge in [-0.1, -0.05) is 30.3 Å². The highest BCUT2D eigenvalue weighted by atomic mass is 19.1. The van der Waals surface area contributed by atoms with Crippen molar-refractivity contribution in [1.29, 1.82) is 0 Å². The first-order valence-corrected chi connectivity index (χ1v) is 5.95. The highest BCUT2D eigenvalue weighted by molar-refractivity contribution is 5.47. The number of fused-ring (bicyclic) bond motifs is 1. The maximum atomic E-state index is 13.9. The van der Waals surface area contributed by atoms with Crippen LogP contribution in [-0.2, 0) is 12.0 Å². The molecule has 2 N–H and O–H groups in total. The van der Waals surface area contributed by atoms with Crippen molar-refractivity contribution in [3.8, 4) is 0 Å². The number of halogens is 2. The summed E-state index contributed by atoms with van der Waals surface area (Å²) < 4.78 is 27.8. The van der Waals surface area contributed by atoms with Crippen LogP contribution >= 0.6 is 0 Å². The van der Waals surface area contributed by atoms with Crippen LogP contribution in [0.3, 0.4) is 0 Å². The summed E-state index contributed by atoms with van der Waals surface area (Å²) >= 11 is 0. The summed E-state index contributed by atoms with van der Waals surface area (Å²) in [5, 5.41) is 0. The largest absolute Gasteiger partial charge is 0.318 e. The summed E-state index contributed by atoms with van der Waals surface area (Å²) in [5.41, 5.74) is 7.15.